The number of rotatable bonds is 3. The van der Waals surface area contributed by atoms with Crippen molar-refractivity contribution in [2.24, 2.45) is 5.73 Å². The summed E-state index contributed by atoms with van der Waals surface area (Å²) in [7, 11) is 0. The molecule has 0 bridgehead atoms. The Morgan fingerprint density at radius 2 is 1.95 bits per heavy atom. The quantitative estimate of drug-likeness (QED) is 0.895. The molecule has 0 aromatic heterocycles. The number of benzene rings is 2. The van der Waals surface area contributed by atoms with E-state index in [9.17, 15) is 8.78 Å². The first-order chi connectivity index (χ1) is 8.97. The zero-order valence-electron chi connectivity index (χ0n) is 10.5. The van der Waals surface area contributed by atoms with Gasteiger partial charge in [-0.1, -0.05) is 18.2 Å². The Morgan fingerprint density at radius 1 is 1.21 bits per heavy atom. The zero-order chi connectivity index (χ0) is 14.0. The maximum absolute atomic E-state index is 13.4. The minimum absolute atomic E-state index is 0.302. The summed E-state index contributed by atoms with van der Waals surface area (Å²) in [6.45, 7) is 1.82. The third kappa shape index (κ3) is 3.39. The fourth-order valence-electron chi connectivity index (χ4n) is 2.04. The highest BCUT2D eigenvalue weighted by Crippen LogP contribution is 2.25. The Labute approximate surface area is 119 Å². The second-order valence-electron chi connectivity index (χ2n) is 4.59. The summed E-state index contributed by atoms with van der Waals surface area (Å²) in [4.78, 5) is 0. The molecule has 0 amide bonds. The van der Waals surface area contributed by atoms with Gasteiger partial charge in [-0.2, -0.15) is 0 Å². The minimum atomic E-state index is -0.368. The van der Waals surface area contributed by atoms with Gasteiger partial charge in [-0.05, 0) is 64.2 Å². The Morgan fingerprint density at radius 3 is 2.63 bits per heavy atom. The van der Waals surface area contributed by atoms with E-state index in [4.69, 9.17) is 5.73 Å². The number of hydrogen-bond acceptors (Lipinski definition) is 1. The molecule has 4 heteroatoms. The van der Waals surface area contributed by atoms with E-state index in [1.807, 2.05) is 13.0 Å². The maximum atomic E-state index is 13.4. The van der Waals surface area contributed by atoms with Crippen LogP contribution in [0.3, 0.4) is 0 Å². The van der Waals surface area contributed by atoms with Gasteiger partial charge in [0.2, 0.25) is 0 Å². The van der Waals surface area contributed by atoms with Gasteiger partial charge in [-0.25, -0.2) is 8.78 Å². The lowest BCUT2D eigenvalue weighted by atomic mass is 9.98. The standard InChI is InChI=1S/C15H14BrF2N/c1-9-5-11(7-12(17)6-9)14(19)8-10-3-2-4-13(18)15(10)16/h2-7,14H,8,19H2,1H3. The molecular formula is C15H14BrF2N. The van der Waals surface area contributed by atoms with Crippen LogP contribution >= 0.6 is 15.9 Å². The van der Waals surface area contributed by atoms with Gasteiger partial charge in [0.15, 0.2) is 0 Å². The molecule has 1 unspecified atom stereocenters. The third-order valence-electron chi connectivity index (χ3n) is 2.96. The van der Waals surface area contributed by atoms with Gasteiger partial charge in [0.05, 0.1) is 4.47 Å². The van der Waals surface area contributed by atoms with Crippen LogP contribution in [0.2, 0.25) is 0 Å². The third-order valence-corrected chi connectivity index (χ3v) is 3.85. The van der Waals surface area contributed by atoms with Crippen LogP contribution in [0.4, 0.5) is 8.78 Å². The Bertz CT molecular complexity index is 578. The minimum Gasteiger partial charge on any atom is -0.324 e. The average molecular weight is 326 g/mol. The Balaban J connectivity index is 2.25. The van der Waals surface area contributed by atoms with Crippen molar-refractivity contribution in [3.05, 3.63) is 69.2 Å². The highest BCUT2D eigenvalue weighted by molar-refractivity contribution is 9.10. The molecule has 0 aliphatic heterocycles. The second-order valence-corrected chi connectivity index (χ2v) is 5.38. The largest absolute Gasteiger partial charge is 0.324 e. The highest BCUT2D eigenvalue weighted by atomic mass is 79.9. The number of nitrogens with two attached hydrogens (primary N) is 1. The molecule has 0 saturated carbocycles. The second kappa shape index (κ2) is 5.80. The molecule has 1 atom stereocenters. The lowest BCUT2D eigenvalue weighted by Crippen LogP contribution is -2.14. The van der Waals surface area contributed by atoms with Crippen LogP contribution < -0.4 is 5.73 Å². The molecule has 19 heavy (non-hydrogen) atoms. The average Bonchev–Trinajstić information content (AvgIpc) is 2.33. The molecule has 0 fully saturated rings. The SMILES string of the molecule is Cc1cc(F)cc(C(N)Cc2cccc(F)c2Br)c1. The van der Waals surface area contributed by atoms with Crippen molar-refractivity contribution in [3.63, 3.8) is 0 Å². The van der Waals surface area contributed by atoms with E-state index in [0.717, 1.165) is 11.1 Å². The molecule has 2 aromatic carbocycles. The van der Waals surface area contributed by atoms with Gasteiger partial charge >= 0.3 is 0 Å². The van der Waals surface area contributed by atoms with E-state index in [1.165, 1.54) is 18.2 Å². The normalized spacial score (nSPS) is 12.5. The van der Waals surface area contributed by atoms with Crippen molar-refractivity contribution in [1.29, 1.82) is 0 Å². The number of aryl methyl sites for hydroxylation is 1. The van der Waals surface area contributed by atoms with Gasteiger partial charge in [-0.15, -0.1) is 0 Å². The molecule has 2 N–H and O–H groups in total. The van der Waals surface area contributed by atoms with Crippen LogP contribution in [0.5, 0.6) is 0 Å². The van der Waals surface area contributed by atoms with E-state index in [1.54, 1.807) is 12.1 Å². The van der Waals surface area contributed by atoms with E-state index in [-0.39, 0.29) is 17.7 Å². The first-order valence-electron chi connectivity index (χ1n) is 5.93. The van der Waals surface area contributed by atoms with Crippen LogP contribution in [0, 0.1) is 18.6 Å². The maximum Gasteiger partial charge on any atom is 0.137 e. The molecule has 2 aromatic rings. The van der Waals surface area contributed by atoms with Crippen molar-refractivity contribution in [3.8, 4) is 0 Å². The first kappa shape index (κ1) is 14.2. The molecule has 0 radical (unpaired) electrons. The van der Waals surface area contributed by atoms with Gasteiger partial charge in [0.25, 0.3) is 0 Å². The van der Waals surface area contributed by atoms with Crippen molar-refractivity contribution < 1.29 is 8.78 Å². The van der Waals surface area contributed by atoms with Crippen molar-refractivity contribution in [2.75, 3.05) is 0 Å². The van der Waals surface area contributed by atoms with E-state index >= 15 is 0 Å². The fraction of sp³-hybridized carbons (Fsp3) is 0.200. The predicted molar refractivity (Wildman–Crippen MR) is 75.9 cm³/mol. The summed E-state index contributed by atoms with van der Waals surface area (Å²) in [5.74, 6) is -0.621. The molecule has 1 nitrogen and oxygen atoms in total. The molecule has 100 valence electrons. The molecule has 0 aliphatic carbocycles. The topological polar surface area (TPSA) is 26.0 Å². The van der Waals surface area contributed by atoms with Crippen LogP contribution in [0.15, 0.2) is 40.9 Å². The molecular weight excluding hydrogens is 312 g/mol. The van der Waals surface area contributed by atoms with Crippen molar-refractivity contribution >= 4 is 15.9 Å². The van der Waals surface area contributed by atoms with Gasteiger partial charge in [0.1, 0.15) is 11.6 Å². The summed E-state index contributed by atoms with van der Waals surface area (Å²) in [5.41, 5.74) is 8.39. The summed E-state index contributed by atoms with van der Waals surface area (Å²) < 4.78 is 27.2. The highest BCUT2D eigenvalue weighted by Gasteiger charge is 2.12. The zero-order valence-corrected chi connectivity index (χ0v) is 12.0. The van der Waals surface area contributed by atoms with E-state index < -0.39 is 0 Å². The van der Waals surface area contributed by atoms with Gasteiger partial charge < -0.3 is 5.73 Å². The molecule has 0 aliphatic rings. The van der Waals surface area contributed by atoms with E-state index in [0.29, 0.717) is 16.5 Å². The molecule has 0 heterocycles. The lowest BCUT2D eigenvalue weighted by molar-refractivity contribution is 0.608. The van der Waals surface area contributed by atoms with Crippen molar-refractivity contribution in [1.82, 2.24) is 0 Å². The number of hydrogen-bond donors (Lipinski definition) is 1. The summed E-state index contributed by atoms with van der Waals surface area (Å²) in [6.07, 6.45) is 0.446. The summed E-state index contributed by atoms with van der Waals surface area (Å²) >= 11 is 3.21. The predicted octanol–water partition coefficient (Wildman–Crippen LogP) is 4.28. The van der Waals surface area contributed by atoms with E-state index in [2.05, 4.69) is 15.9 Å². The Kier molecular flexibility index (Phi) is 4.32. The van der Waals surface area contributed by atoms with Gasteiger partial charge in [-0.3, -0.25) is 0 Å². The van der Waals surface area contributed by atoms with Crippen LogP contribution in [-0.4, -0.2) is 0 Å². The van der Waals surface area contributed by atoms with Crippen LogP contribution in [0.25, 0.3) is 0 Å². The smallest absolute Gasteiger partial charge is 0.137 e. The molecule has 0 saturated heterocycles. The van der Waals surface area contributed by atoms with Crippen LogP contribution in [0.1, 0.15) is 22.7 Å². The summed E-state index contributed by atoms with van der Waals surface area (Å²) in [5, 5.41) is 0. The number of halogens is 3. The fourth-order valence-corrected chi connectivity index (χ4v) is 2.47. The molecule has 2 rings (SSSR count). The van der Waals surface area contributed by atoms with Crippen LogP contribution in [-0.2, 0) is 6.42 Å². The van der Waals surface area contributed by atoms with Gasteiger partial charge in [0, 0.05) is 6.04 Å². The van der Waals surface area contributed by atoms with Crippen molar-refractivity contribution in [2.45, 2.75) is 19.4 Å². The molecule has 0 spiro atoms. The summed E-state index contributed by atoms with van der Waals surface area (Å²) in [6, 6.07) is 9.18. The Hall–Kier alpha value is -1.26. The first-order valence-corrected chi connectivity index (χ1v) is 6.72. The monoisotopic (exact) mass is 325 g/mol. The lowest BCUT2D eigenvalue weighted by Gasteiger charge is -2.14.